The molecular formula is C12H15BrN2O2. The van der Waals surface area contributed by atoms with Crippen LogP contribution in [0.25, 0.3) is 0 Å². The van der Waals surface area contributed by atoms with Crippen molar-refractivity contribution in [2.75, 3.05) is 11.9 Å². The summed E-state index contributed by atoms with van der Waals surface area (Å²) in [5.41, 5.74) is 0.211. The number of halogens is 1. The predicted octanol–water partition coefficient (Wildman–Crippen LogP) is 3.00. The molecule has 0 aliphatic heterocycles. The van der Waals surface area contributed by atoms with Gasteiger partial charge >= 0.3 is 5.97 Å². The maximum Gasteiger partial charge on any atom is 0.339 e. The van der Waals surface area contributed by atoms with Crippen LogP contribution < -0.4 is 5.32 Å². The monoisotopic (exact) mass is 298 g/mol. The summed E-state index contributed by atoms with van der Waals surface area (Å²) >= 11 is 3.22. The number of aromatic carboxylic acids is 1. The first-order chi connectivity index (χ1) is 8.08. The van der Waals surface area contributed by atoms with Crippen LogP contribution in [0.3, 0.4) is 0 Å². The summed E-state index contributed by atoms with van der Waals surface area (Å²) in [6, 6.07) is 1.57. The van der Waals surface area contributed by atoms with Gasteiger partial charge in [-0.05, 0) is 46.7 Å². The molecule has 2 N–H and O–H groups in total. The van der Waals surface area contributed by atoms with Gasteiger partial charge in [-0.1, -0.05) is 6.92 Å². The minimum atomic E-state index is -0.958. The average Bonchev–Trinajstić information content (AvgIpc) is 3.10. The van der Waals surface area contributed by atoms with Gasteiger partial charge in [-0.15, -0.1) is 0 Å². The van der Waals surface area contributed by atoms with Gasteiger partial charge in [-0.2, -0.15) is 0 Å². The van der Waals surface area contributed by atoms with E-state index in [0.717, 1.165) is 12.5 Å². The topological polar surface area (TPSA) is 62.2 Å². The molecule has 1 aliphatic carbocycles. The van der Waals surface area contributed by atoms with Gasteiger partial charge in [0.05, 0.1) is 0 Å². The van der Waals surface area contributed by atoms with Crippen molar-refractivity contribution >= 4 is 27.7 Å². The molecule has 1 aliphatic rings. The van der Waals surface area contributed by atoms with Crippen LogP contribution in [0.1, 0.15) is 30.1 Å². The van der Waals surface area contributed by atoms with Crippen LogP contribution in [0.4, 0.5) is 5.82 Å². The summed E-state index contributed by atoms with van der Waals surface area (Å²) in [5.74, 6) is 0.863. The van der Waals surface area contributed by atoms with E-state index in [-0.39, 0.29) is 5.56 Å². The van der Waals surface area contributed by atoms with E-state index in [0.29, 0.717) is 16.2 Å². The highest BCUT2D eigenvalue weighted by atomic mass is 79.9. The van der Waals surface area contributed by atoms with Crippen molar-refractivity contribution in [2.45, 2.75) is 19.8 Å². The molecule has 0 aromatic carbocycles. The number of carbonyl (C=O) groups is 1. The second-order valence-corrected chi connectivity index (χ2v) is 5.47. The second kappa shape index (κ2) is 5.04. The number of rotatable bonds is 5. The summed E-state index contributed by atoms with van der Waals surface area (Å²) in [6.45, 7) is 2.96. The number of nitrogens with one attached hydrogen (secondary N) is 1. The van der Waals surface area contributed by atoms with Crippen LogP contribution in [-0.2, 0) is 0 Å². The lowest BCUT2D eigenvalue weighted by atomic mass is 10.1. The molecular weight excluding hydrogens is 284 g/mol. The Hall–Kier alpha value is -1.10. The smallest absolute Gasteiger partial charge is 0.339 e. The molecule has 1 aromatic heterocycles. The van der Waals surface area contributed by atoms with Gasteiger partial charge in [-0.3, -0.25) is 0 Å². The Morgan fingerprint density at radius 1 is 1.71 bits per heavy atom. The lowest BCUT2D eigenvalue weighted by Crippen LogP contribution is -2.16. The van der Waals surface area contributed by atoms with Gasteiger partial charge in [-0.25, -0.2) is 9.78 Å². The molecule has 17 heavy (non-hydrogen) atoms. The maximum absolute atomic E-state index is 11.1. The van der Waals surface area contributed by atoms with Crippen molar-refractivity contribution in [3.05, 3.63) is 22.3 Å². The summed E-state index contributed by atoms with van der Waals surface area (Å²) < 4.78 is 0.677. The number of nitrogens with zero attached hydrogens (tertiary/aromatic N) is 1. The van der Waals surface area contributed by atoms with E-state index in [4.69, 9.17) is 5.11 Å². The molecule has 0 radical (unpaired) electrons. The van der Waals surface area contributed by atoms with Crippen molar-refractivity contribution < 1.29 is 9.90 Å². The lowest BCUT2D eigenvalue weighted by molar-refractivity contribution is 0.0697. The number of carboxylic acid groups (broad SMARTS) is 1. The molecule has 1 unspecified atom stereocenters. The van der Waals surface area contributed by atoms with Crippen molar-refractivity contribution in [1.82, 2.24) is 4.98 Å². The molecule has 0 bridgehead atoms. The molecule has 1 heterocycles. The summed E-state index contributed by atoms with van der Waals surface area (Å²) in [6.07, 6.45) is 4.20. The highest BCUT2D eigenvalue weighted by molar-refractivity contribution is 9.10. The fourth-order valence-corrected chi connectivity index (χ4v) is 2.16. The van der Waals surface area contributed by atoms with Crippen molar-refractivity contribution in [3.8, 4) is 0 Å². The molecule has 92 valence electrons. The molecule has 4 nitrogen and oxygen atoms in total. The number of hydrogen-bond acceptors (Lipinski definition) is 3. The third-order valence-corrected chi connectivity index (χ3v) is 3.54. The van der Waals surface area contributed by atoms with E-state index < -0.39 is 5.97 Å². The van der Waals surface area contributed by atoms with Crippen LogP contribution >= 0.6 is 15.9 Å². The van der Waals surface area contributed by atoms with Crippen LogP contribution in [0.2, 0.25) is 0 Å². The lowest BCUT2D eigenvalue weighted by Gasteiger charge is -2.13. The zero-order chi connectivity index (χ0) is 12.4. The third kappa shape index (κ3) is 3.19. The second-order valence-electron chi connectivity index (χ2n) is 4.55. The van der Waals surface area contributed by atoms with Crippen LogP contribution in [0, 0.1) is 11.8 Å². The first-order valence-electron chi connectivity index (χ1n) is 5.70. The Morgan fingerprint density at radius 3 is 3.00 bits per heavy atom. The van der Waals surface area contributed by atoms with E-state index in [2.05, 4.69) is 33.2 Å². The average molecular weight is 299 g/mol. The van der Waals surface area contributed by atoms with Gasteiger partial charge in [0, 0.05) is 17.2 Å². The minimum absolute atomic E-state index is 0.211. The zero-order valence-electron chi connectivity index (χ0n) is 9.61. The van der Waals surface area contributed by atoms with Crippen molar-refractivity contribution in [3.63, 3.8) is 0 Å². The standard InChI is InChI=1S/C12H15BrN2O2/c1-7(8-2-3-8)5-14-11-10(12(16)17)4-9(13)6-15-11/h4,6-8H,2-3,5H2,1H3,(H,14,15)(H,16,17). The first kappa shape index (κ1) is 12.4. The Bertz CT molecular complexity index is 433. The Labute approximate surface area is 109 Å². The molecule has 0 spiro atoms. The molecule has 1 atom stereocenters. The van der Waals surface area contributed by atoms with Crippen LogP contribution in [-0.4, -0.2) is 22.6 Å². The van der Waals surface area contributed by atoms with Crippen molar-refractivity contribution in [2.24, 2.45) is 11.8 Å². The number of hydrogen-bond donors (Lipinski definition) is 2. The maximum atomic E-state index is 11.1. The van der Waals surface area contributed by atoms with E-state index >= 15 is 0 Å². The Kier molecular flexibility index (Phi) is 3.66. The number of anilines is 1. The van der Waals surface area contributed by atoms with E-state index in [1.54, 1.807) is 12.3 Å². The molecule has 0 saturated heterocycles. The summed E-state index contributed by atoms with van der Waals surface area (Å²) in [4.78, 5) is 15.2. The predicted molar refractivity (Wildman–Crippen MR) is 69.3 cm³/mol. The fourth-order valence-electron chi connectivity index (χ4n) is 1.83. The molecule has 2 rings (SSSR count). The third-order valence-electron chi connectivity index (χ3n) is 3.10. The quantitative estimate of drug-likeness (QED) is 0.877. The van der Waals surface area contributed by atoms with Gasteiger partial charge in [0.15, 0.2) is 0 Å². The summed E-state index contributed by atoms with van der Waals surface area (Å²) in [7, 11) is 0. The number of aromatic nitrogens is 1. The highest BCUT2D eigenvalue weighted by Gasteiger charge is 2.27. The van der Waals surface area contributed by atoms with E-state index in [1.165, 1.54) is 12.8 Å². The van der Waals surface area contributed by atoms with Crippen LogP contribution in [0.15, 0.2) is 16.7 Å². The van der Waals surface area contributed by atoms with E-state index in [1.807, 2.05) is 0 Å². The van der Waals surface area contributed by atoms with E-state index in [9.17, 15) is 4.79 Å². The largest absolute Gasteiger partial charge is 0.478 e. The van der Waals surface area contributed by atoms with Gasteiger partial charge in [0.2, 0.25) is 0 Å². The fraction of sp³-hybridized carbons (Fsp3) is 0.500. The number of pyridine rings is 1. The molecule has 1 aromatic rings. The molecule has 1 saturated carbocycles. The van der Waals surface area contributed by atoms with Crippen LogP contribution in [0.5, 0.6) is 0 Å². The summed E-state index contributed by atoms with van der Waals surface area (Å²) in [5, 5.41) is 12.2. The Morgan fingerprint density at radius 2 is 2.41 bits per heavy atom. The van der Waals surface area contributed by atoms with Gasteiger partial charge in [0.1, 0.15) is 11.4 Å². The molecule has 0 amide bonds. The Balaban J connectivity index is 2.06. The SMILES string of the molecule is CC(CNc1ncc(Br)cc1C(=O)O)C1CC1. The molecule has 5 heteroatoms. The molecule has 1 fully saturated rings. The zero-order valence-corrected chi connectivity index (χ0v) is 11.2. The first-order valence-corrected chi connectivity index (χ1v) is 6.50. The number of carboxylic acids is 1. The van der Waals surface area contributed by atoms with Gasteiger partial charge in [0.25, 0.3) is 0 Å². The van der Waals surface area contributed by atoms with Crippen molar-refractivity contribution in [1.29, 1.82) is 0 Å². The highest BCUT2D eigenvalue weighted by Crippen LogP contribution is 2.36. The van der Waals surface area contributed by atoms with Gasteiger partial charge < -0.3 is 10.4 Å². The normalized spacial score (nSPS) is 16.6. The minimum Gasteiger partial charge on any atom is -0.478 e.